The number of carbonyl (C=O) groups is 1. The third-order valence-corrected chi connectivity index (χ3v) is 3.70. The molecule has 0 saturated carbocycles. The van der Waals surface area contributed by atoms with E-state index in [1.165, 1.54) is 0 Å². The number of oxime groups is 1. The van der Waals surface area contributed by atoms with Gasteiger partial charge in [0, 0.05) is 18.8 Å². The number of nitrogens with zero attached hydrogens (tertiary/aromatic N) is 2. The Bertz CT molecular complexity index is 292. The zero-order valence-corrected chi connectivity index (χ0v) is 12.0. The van der Waals surface area contributed by atoms with E-state index in [-0.39, 0.29) is 17.8 Å². The van der Waals surface area contributed by atoms with E-state index in [1.54, 1.807) is 37.6 Å². The van der Waals surface area contributed by atoms with Crippen LogP contribution in [0, 0.1) is 5.41 Å². The number of rotatable bonds is 6. The first-order valence-corrected chi connectivity index (χ1v) is 6.96. The predicted octanol–water partition coefficient (Wildman–Crippen LogP) is 1.36. The van der Waals surface area contributed by atoms with Crippen molar-refractivity contribution in [1.82, 2.24) is 4.90 Å². The lowest BCUT2D eigenvalue weighted by Crippen LogP contribution is -2.50. The fraction of sp³-hybridized carbons (Fsp3) is 0.818. The third-order valence-electron chi connectivity index (χ3n) is 2.98. The van der Waals surface area contributed by atoms with Gasteiger partial charge in [-0.3, -0.25) is 4.79 Å². The van der Waals surface area contributed by atoms with Gasteiger partial charge in [0.15, 0.2) is 5.84 Å². The quantitative estimate of drug-likeness (QED) is 0.327. The lowest BCUT2D eigenvalue weighted by molar-refractivity contribution is -0.137. The van der Waals surface area contributed by atoms with Crippen LogP contribution in [0.4, 0.5) is 0 Å². The molecule has 0 aromatic rings. The summed E-state index contributed by atoms with van der Waals surface area (Å²) in [6, 6.07) is 0.170. The van der Waals surface area contributed by atoms with Crippen LogP contribution in [0.1, 0.15) is 27.2 Å². The summed E-state index contributed by atoms with van der Waals surface area (Å²) in [5, 5.41) is 11.6. The van der Waals surface area contributed by atoms with E-state index in [4.69, 9.17) is 10.9 Å². The summed E-state index contributed by atoms with van der Waals surface area (Å²) in [6.45, 7) is 5.36. The van der Waals surface area contributed by atoms with Crippen molar-refractivity contribution < 1.29 is 10.0 Å². The maximum absolute atomic E-state index is 12.3. The SMILES string of the molecule is CCC(CSC)N(C)C(=O)C(C)(C)C(N)=NO. The summed E-state index contributed by atoms with van der Waals surface area (Å²) in [5.74, 6) is 0.687. The molecular weight excluding hydrogens is 238 g/mol. The van der Waals surface area contributed by atoms with Crippen LogP contribution in [0.5, 0.6) is 0 Å². The molecule has 0 aliphatic rings. The first kappa shape index (κ1) is 16.1. The number of hydrogen-bond acceptors (Lipinski definition) is 4. The van der Waals surface area contributed by atoms with Gasteiger partial charge in [-0.25, -0.2) is 0 Å². The van der Waals surface area contributed by atoms with Crippen molar-refractivity contribution in [3.63, 3.8) is 0 Å². The number of hydrogen-bond donors (Lipinski definition) is 2. The molecular formula is C11H23N3O2S. The van der Waals surface area contributed by atoms with Crippen LogP contribution in [0.25, 0.3) is 0 Å². The van der Waals surface area contributed by atoms with E-state index >= 15 is 0 Å². The summed E-state index contributed by atoms with van der Waals surface area (Å²) in [4.78, 5) is 14.0. The van der Waals surface area contributed by atoms with Gasteiger partial charge in [-0.05, 0) is 26.5 Å². The summed E-state index contributed by atoms with van der Waals surface area (Å²) in [7, 11) is 1.76. The average Bonchev–Trinajstić information content (AvgIpc) is 2.32. The van der Waals surface area contributed by atoms with Crippen LogP contribution in [0.3, 0.4) is 0 Å². The highest BCUT2D eigenvalue weighted by molar-refractivity contribution is 7.98. The molecule has 6 heteroatoms. The number of thioether (sulfide) groups is 1. The molecule has 5 nitrogen and oxygen atoms in total. The van der Waals surface area contributed by atoms with Crippen molar-refractivity contribution in [2.75, 3.05) is 19.1 Å². The maximum Gasteiger partial charge on any atom is 0.235 e. The standard InChI is InChI=1S/C11H23N3O2S/c1-6-8(7-17-5)14(4)10(15)11(2,3)9(12)13-16/h8,16H,6-7H2,1-5H3,(H2,12,13). The second-order valence-corrected chi connectivity index (χ2v) is 5.45. The van der Waals surface area contributed by atoms with E-state index in [2.05, 4.69) is 5.16 Å². The zero-order valence-electron chi connectivity index (χ0n) is 11.2. The van der Waals surface area contributed by atoms with Crippen LogP contribution >= 0.6 is 11.8 Å². The monoisotopic (exact) mass is 261 g/mol. The second-order valence-electron chi connectivity index (χ2n) is 4.54. The number of carbonyl (C=O) groups excluding carboxylic acids is 1. The maximum atomic E-state index is 12.3. The van der Waals surface area contributed by atoms with Crippen molar-refractivity contribution in [2.45, 2.75) is 33.2 Å². The first-order valence-electron chi connectivity index (χ1n) is 5.57. The fourth-order valence-electron chi connectivity index (χ4n) is 1.54. The Morgan fingerprint density at radius 1 is 1.59 bits per heavy atom. The van der Waals surface area contributed by atoms with E-state index in [1.807, 2.05) is 13.2 Å². The van der Waals surface area contributed by atoms with Crippen LogP contribution < -0.4 is 5.73 Å². The smallest absolute Gasteiger partial charge is 0.235 e. The van der Waals surface area contributed by atoms with Gasteiger partial charge in [0.1, 0.15) is 5.41 Å². The molecule has 0 aromatic carbocycles. The molecule has 0 fully saturated rings. The van der Waals surface area contributed by atoms with E-state index < -0.39 is 5.41 Å². The molecule has 3 N–H and O–H groups in total. The number of amidine groups is 1. The molecule has 0 aliphatic carbocycles. The topological polar surface area (TPSA) is 78.9 Å². The molecule has 0 spiro atoms. The first-order chi connectivity index (χ1) is 7.82. The van der Waals surface area contributed by atoms with Crippen molar-refractivity contribution in [3.05, 3.63) is 0 Å². The largest absolute Gasteiger partial charge is 0.409 e. The molecule has 0 rings (SSSR count). The minimum Gasteiger partial charge on any atom is -0.409 e. The average molecular weight is 261 g/mol. The lowest BCUT2D eigenvalue weighted by atomic mass is 9.89. The number of amides is 1. The Hall–Kier alpha value is -0.910. The van der Waals surface area contributed by atoms with Gasteiger partial charge in [0.05, 0.1) is 0 Å². The van der Waals surface area contributed by atoms with Crippen molar-refractivity contribution in [1.29, 1.82) is 0 Å². The molecule has 0 heterocycles. The van der Waals surface area contributed by atoms with Crippen LogP contribution in [0.15, 0.2) is 5.16 Å². The van der Waals surface area contributed by atoms with E-state index in [0.717, 1.165) is 12.2 Å². The lowest BCUT2D eigenvalue weighted by Gasteiger charge is -2.33. The van der Waals surface area contributed by atoms with Crippen LogP contribution in [-0.2, 0) is 4.79 Å². The van der Waals surface area contributed by atoms with Crippen molar-refractivity contribution >= 4 is 23.5 Å². The molecule has 0 saturated heterocycles. The minimum absolute atomic E-state index is 0.0617. The number of nitrogens with two attached hydrogens (primary N) is 1. The predicted molar refractivity (Wildman–Crippen MR) is 72.4 cm³/mol. The van der Waals surface area contributed by atoms with Gasteiger partial charge in [-0.1, -0.05) is 12.1 Å². The molecule has 1 amide bonds. The molecule has 1 atom stereocenters. The van der Waals surface area contributed by atoms with Gasteiger partial charge in [-0.2, -0.15) is 11.8 Å². The van der Waals surface area contributed by atoms with Crippen LogP contribution in [0.2, 0.25) is 0 Å². The fourth-order valence-corrected chi connectivity index (χ4v) is 2.38. The highest BCUT2D eigenvalue weighted by Crippen LogP contribution is 2.21. The third kappa shape index (κ3) is 3.80. The highest BCUT2D eigenvalue weighted by atomic mass is 32.2. The normalized spacial score (nSPS) is 14.5. The summed E-state index contributed by atoms with van der Waals surface area (Å²) in [6.07, 6.45) is 2.89. The van der Waals surface area contributed by atoms with E-state index in [0.29, 0.717) is 0 Å². The molecule has 0 aromatic heterocycles. The highest BCUT2D eigenvalue weighted by Gasteiger charge is 2.36. The van der Waals surface area contributed by atoms with Gasteiger partial charge >= 0.3 is 0 Å². The van der Waals surface area contributed by atoms with Gasteiger partial charge in [-0.15, -0.1) is 0 Å². The minimum atomic E-state index is -0.977. The van der Waals surface area contributed by atoms with Crippen molar-refractivity contribution in [3.8, 4) is 0 Å². The summed E-state index contributed by atoms with van der Waals surface area (Å²) >= 11 is 1.70. The van der Waals surface area contributed by atoms with Crippen LogP contribution in [-0.4, -0.2) is 46.9 Å². The second kappa shape index (κ2) is 6.74. The molecule has 1 unspecified atom stereocenters. The Labute approximate surface area is 107 Å². The Morgan fingerprint density at radius 3 is 2.47 bits per heavy atom. The van der Waals surface area contributed by atoms with E-state index in [9.17, 15) is 4.79 Å². The van der Waals surface area contributed by atoms with Gasteiger partial charge in [0.25, 0.3) is 0 Å². The Kier molecular flexibility index (Phi) is 6.37. The molecule has 0 bridgehead atoms. The summed E-state index contributed by atoms with van der Waals surface area (Å²) in [5.41, 5.74) is 4.58. The Balaban J connectivity index is 4.91. The van der Waals surface area contributed by atoms with Gasteiger partial charge in [0.2, 0.25) is 5.91 Å². The zero-order chi connectivity index (χ0) is 13.6. The molecule has 17 heavy (non-hydrogen) atoms. The summed E-state index contributed by atoms with van der Waals surface area (Å²) < 4.78 is 0. The molecule has 100 valence electrons. The van der Waals surface area contributed by atoms with Crippen molar-refractivity contribution in [2.24, 2.45) is 16.3 Å². The molecule has 0 aliphatic heterocycles. The Morgan fingerprint density at radius 2 is 2.12 bits per heavy atom. The van der Waals surface area contributed by atoms with Gasteiger partial charge < -0.3 is 15.8 Å². The molecule has 0 radical (unpaired) electrons.